The molecule has 0 aliphatic rings. The number of anilines is 2. The van der Waals surface area contributed by atoms with Crippen molar-refractivity contribution in [2.75, 3.05) is 12.4 Å². The van der Waals surface area contributed by atoms with E-state index >= 15 is 0 Å². The van der Waals surface area contributed by atoms with Gasteiger partial charge in [0.1, 0.15) is 10.7 Å². The Kier molecular flexibility index (Phi) is 5.08. The molecule has 3 rings (SSSR count). The predicted molar refractivity (Wildman–Crippen MR) is 106 cm³/mol. The Labute approximate surface area is 158 Å². The van der Waals surface area contributed by atoms with Crippen LogP contribution >= 0.6 is 11.6 Å². The molecule has 6 heteroatoms. The van der Waals surface area contributed by atoms with Crippen LogP contribution in [-0.4, -0.2) is 17.0 Å². The van der Waals surface area contributed by atoms with Crippen molar-refractivity contribution in [2.45, 2.75) is 25.8 Å². The monoisotopic (exact) mass is 365 g/mol. The maximum Gasteiger partial charge on any atom is 0.130 e. The summed E-state index contributed by atoms with van der Waals surface area (Å²) in [4.78, 5) is 8.92. The van der Waals surface area contributed by atoms with Gasteiger partial charge in [0.2, 0.25) is 0 Å². The highest BCUT2D eigenvalue weighted by Gasteiger charge is 2.19. The van der Waals surface area contributed by atoms with E-state index in [1.807, 2.05) is 57.4 Å². The third kappa shape index (κ3) is 3.62. The summed E-state index contributed by atoms with van der Waals surface area (Å²) < 4.78 is 0. The average Bonchev–Trinajstić information content (AvgIpc) is 2.64. The molecule has 2 heterocycles. The zero-order chi connectivity index (χ0) is 18.7. The second-order valence-electron chi connectivity index (χ2n) is 6.63. The normalized spacial score (nSPS) is 11.3. The molecule has 0 spiro atoms. The minimum Gasteiger partial charge on any atom is -0.353 e. The fourth-order valence-electron chi connectivity index (χ4n) is 2.72. The summed E-state index contributed by atoms with van der Waals surface area (Å²) in [7, 11) is 1.89. The third-order valence-electron chi connectivity index (χ3n) is 4.28. The zero-order valence-electron chi connectivity index (χ0n) is 15.0. The van der Waals surface area contributed by atoms with E-state index < -0.39 is 5.41 Å². The van der Waals surface area contributed by atoms with Crippen molar-refractivity contribution in [3.05, 3.63) is 58.9 Å². The number of aromatic nitrogens is 2. The van der Waals surface area contributed by atoms with Crippen LogP contribution in [0.5, 0.6) is 0 Å². The molecule has 0 unspecified atom stereocenters. The minimum atomic E-state index is -0.520. The van der Waals surface area contributed by atoms with Gasteiger partial charge in [-0.2, -0.15) is 5.26 Å². The van der Waals surface area contributed by atoms with Crippen molar-refractivity contribution < 1.29 is 0 Å². The van der Waals surface area contributed by atoms with Gasteiger partial charge in [0.25, 0.3) is 0 Å². The van der Waals surface area contributed by atoms with Gasteiger partial charge in [-0.05, 0) is 50.7 Å². The molecule has 2 aromatic heterocycles. The van der Waals surface area contributed by atoms with E-state index in [0.717, 1.165) is 33.5 Å². The molecule has 0 aliphatic heterocycles. The molecule has 2 N–H and O–H groups in total. The van der Waals surface area contributed by atoms with Gasteiger partial charge < -0.3 is 10.6 Å². The van der Waals surface area contributed by atoms with Crippen LogP contribution in [0.1, 0.15) is 25.0 Å². The van der Waals surface area contributed by atoms with Gasteiger partial charge in [0.15, 0.2) is 0 Å². The van der Waals surface area contributed by atoms with E-state index in [2.05, 4.69) is 26.7 Å². The highest BCUT2D eigenvalue weighted by Crippen LogP contribution is 2.30. The summed E-state index contributed by atoms with van der Waals surface area (Å²) in [5.41, 5.74) is 4.74. The molecule has 0 aliphatic carbocycles. The highest BCUT2D eigenvalue weighted by atomic mass is 35.5. The number of halogens is 1. The van der Waals surface area contributed by atoms with Gasteiger partial charge in [-0.1, -0.05) is 23.7 Å². The van der Waals surface area contributed by atoms with Crippen LogP contribution in [0.25, 0.3) is 11.0 Å². The summed E-state index contributed by atoms with van der Waals surface area (Å²) in [5.74, 6) is 0. The first-order valence-corrected chi connectivity index (χ1v) is 8.70. The van der Waals surface area contributed by atoms with Crippen LogP contribution in [0.3, 0.4) is 0 Å². The number of benzene rings is 1. The van der Waals surface area contributed by atoms with Crippen LogP contribution in [0.4, 0.5) is 11.4 Å². The molecule has 1 aromatic carbocycles. The van der Waals surface area contributed by atoms with Crippen molar-refractivity contribution in [3.63, 3.8) is 0 Å². The van der Waals surface area contributed by atoms with Crippen LogP contribution < -0.4 is 10.6 Å². The summed E-state index contributed by atoms with van der Waals surface area (Å²) in [6.07, 6.45) is 1.84. The Morgan fingerprint density at radius 1 is 1.15 bits per heavy atom. The predicted octanol–water partition coefficient (Wildman–Crippen LogP) is 4.55. The Bertz CT molecular complexity index is 974. The largest absolute Gasteiger partial charge is 0.353 e. The zero-order valence-corrected chi connectivity index (χ0v) is 15.7. The highest BCUT2D eigenvalue weighted by molar-refractivity contribution is 6.29. The number of nitriles is 1. The lowest BCUT2D eigenvalue weighted by molar-refractivity contribution is 0.687. The molecule has 0 atom stereocenters. The van der Waals surface area contributed by atoms with Crippen LogP contribution in [0.15, 0.2) is 42.6 Å². The van der Waals surface area contributed by atoms with Crippen molar-refractivity contribution in [3.8, 4) is 6.07 Å². The molecule has 5 nitrogen and oxygen atoms in total. The van der Waals surface area contributed by atoms with E-state index in [4.69, 9.17) is 11.6 Å². The van der Waals surface area contributed by atoms with Crippen LogP contribution in [0, 0.1) is 11.3 Å². The van der Waals surface area contributed by atoms with Crippen molar-refractivity contribution in [1.82, 2.24) is 15.3 Å². The quantitative estimate of drug-likeness (QED) is 0.649. The van der Waals surface area contributed by atoms with Gasteiger partial charge in [-0.15, -0.1) is 0 Å². The topological polar surface area (TPSA) is 73.6 Å². The van der Waals surface area contributed by atoms with Crippen molar-refractivity contribution in [2.24, 2.45) is 0 Å². The van der Waals surface area contributed by atoms with Crippen LogP contribution in [-0.2, 0) is 12.0 Å². The lowest BCUT2D eigenvalue weighted by Crippen LogP contribution is -2.13. The Morgan fingerprint density at radius 3 is 2.54 bits per heavy atom. The average molecular weight is 366 g/mol. The summed E-state index contributed by atoms with van der Waals surface area (Å²) >= 11 is 6.10. The molecule has 0 amide bonds. The molecule has 0 saturated heterocycles. The number of rotatable bonds is 5. The maximum atomic E-state index is 9.29. The molecule has 0 bridgehead atoms. The van der Waals surface area contributed by atoms with Gasteiger partial charge in [0.05, 0.1) is 22.7 Å². The summed E-state index contributed by atoms with van der Waals surface area (Å²) in [6.45, 7) is 4.46. The molecule has 0 fully saturated rings. The minimum absolute atomic E-state index is 0.426. The standard InChI is InChI=1S/C20H20ClN5/c1-20(2,12-22)14-4-6-15(7-5-14)25-18-13(10-23-3)11-24-16-8-9-17(21)26-19(16)18/h4-9,11,23H,10H2,1-3H3,(H,24,25). The van der Waals surface area contributed by atoms with E-state index in [9.17, 15) is 5.26 Å². The lowest BCUT2D eigenvalue weighted by atomic mass is 9.86. The van der Waals surface area contributed by atoms with Crippen molar-refractivity contribution in [1.29, 1.82) is 5.26 Å². The SMILES string of the molecule is CNCc1cnc2ccc(Cl)nc2c1Nc1ccc(C(C)(C)C#N)cc1. The lowest BCUT2D eigenvalue weighted by Gasteiger charge is -2.17. The molecule has 0 radical (unpaired) electrons. The molecule has 3 aromatic rings. The first-order valence-electron chi connectivity index (χ1n) is 8.32. The Balaban J connectivity index is 2.03. The van der Waals surface area contributed by atoms with Gasteiger partial charge >= 0.3 is 0 Å². The van der Waals surface area contributed by atoms with E-state index in [0.29, 0.717) is 11.7 Å². The smallest absolute Gasteiger partial charge is 0.130 e. The number of nitrogens with one attached hydrogen (secondary N) is 2. The van der Waals surface area contributed by atoms with E-state index in [1.165, 1.54) is 0 Å². The second kappa shape index (κ2) is 7.28. The molecule has 132 valence electrons. The van der Waals surface area contributed by atoms with Gasteiger partial charge in [0, 0.05) is 24.0 Å². The maximum absolute atomic E-state index is 9.29. The summed E-state index contributed by atoms with van der Waals surface area (Å²) in [6, 6.07) is 13.8. The molecular formula is C20H20ClN5. The number of fused-ring (bicyclic) bond motifs is 1. The summed E-state index contributed by atoms with van der Waals surface area (Å²) in [5, 5.41) is 16.3. The first kappa shape index (κ1) is 18.1. The fraction of sp³-hybridized carbons (Fsp3) is 0.250. The number of hydrogen-bond donors (Lipinski definition) is 2. The number of hydrogen-bond acceptors (Lipinski definition) is 5. The van der Waals surface area contributed by atoms with Crippen LogP contribution in [0.2, 0.25) is 5.15 Å². The second-order valence-corrected chi connectivity index (χ2v) is 7.02. The van der Waals surface area contributed by atoms with Gasteiger partial charge in [-0.3, -0.25) is 4.98 Å². The first-order chi connectivity index (χ1) is 12.4. The van der Waals surface area contributed by atoms with Gasteiger partial charge in [-0.25, -0.2) is 4.98 Å². The van der Waals surface area contributed by atoms with E-state index in [-0.39, 0.29) is 0 Å². The third-order valence-corrected chi connectivity index (χ3v) is 4.49. The number of pyridine rings is 2. The number of nitrogens with zero attached hydrogens (tertiary/aromatic N) is 3. The Hall–Kier alpha value is -2.68. The fourth-order valence-corrected chi connectivity index (χ4v) is 2.87. The molecule has 26 heavy (non-hydrogen) atoms. The van der Waals surface area contributed by atoms with E-state index in [1.54, 1.807) is 6.07 Å². The van der Waals surface area contributed by atoms with Crippen molar-refractivity contribution >= 4 is 34.0 Å². The molecule has 0 saturated carbocycles. The Morgan fingerprint density at radius 2 is 1.88 bits per heavy atom. The molecular weight excluding hydrogens is 346 g/mol.